The number of benzene rings is 1. The van der Waals surface area contributed by atoms with E-state index in [1.54, 1.807) is 18.2 Å². The monoisotopic (exact) mass is 358 g/mol. The maximum atomic E-state index is 11.8. The van der Waals surface area contributed by atoms with E-state index in [4.69, 9.17) is 0 Å². The summed E-state index contributed by atoms with van der Waals surface area (Å²) in [6, 6.07) is 10.9. The minimum absolute atomic E-state index is 0.130. The lowest BCUT2D eigenvalue weighted by molar-refractivity contribution is -0.120. The number of aromatic nitrogens is 2. The highest BCUT2D eigenvalue weighted by Crippen LogP contribution is 2.16. The molecular weight excluding hydrogens is 340 g/mol. The Kier molecular flexibility index (Phi) is 5.42. The second kappa shape index (κ2) is 7.91. The summed E-state index contributed by atoms with van der Waals surface area (Å²) in [5.74, 6) is 0.355. The fourth-order valence-electron chi connectivity index (χ4n) is 2.40. The number of nitrogens with one attached hydrogen (secondary N) is 3. The smallest absolute Gasteiger partial charge is 0.272 e. The zero-order valence-corrected chi connectivity index (χ0v) is 14.2. The first kappa shape index (κ1) is 17.1. The Bertz CT molecular complexity index is 908. The number of rotatable bonds is 7. The van der Waals surface area contributed by atoms with Crippen LogP contribution in [0.15, 0.2) is 46.6 Å². The molecule has 0 saturated carbocycles. The van der Waals surface area contributed by atoms with Gasteiger partial charge in [-0.3, -0.25) is 9.59 Å². The van der Waals surface area contributed by atoms with Crippen LogP contribution in [-0.2, 0) is 11.2 Å². The van der Waals surface area contributed by atoms with Crippen LogP contribution in [0.25, 0.3) is 10.8 Å². The van der Waals surface area contributed by atoms with Gasteiger partial charge in [0.25, 0.3) is 5.56 Å². The van der Waals surface area contributed by atoms with E-state index in [2.05, 4.69) is 20.8 Å². The highest BCUT2D eigenvalue weighted by atomic mass is 32.1. The van der Waals surface area contributed by atoms with Gasteiger partial charge in [0, 0.05) is 23.4 Å². The predicted molar refractivity (Wildman–Crippen MR) is 97.9 cm³/mol. The average molecular weight is 358 g/mol. The summed E-state index contributed by atoms with van der Waals surface area (Å²) in [5, 5.41) is 25.3. The number of amides is 1. The van der Waals surface area contributed by atoms with E-state index in [0.29, 0.717) is 23.0 Å². The van der Waals surface area contributed by atoms with Gasteiger partial charge in [-0.1, -0.05) is 24.3 Å². The van der Waals surface area contributed by atoms with E-state index in [0.717, 1.165) is 4.88 Å². The molecule has 4 N–H and O–H groups in total. The van der Waals surface area contributed by atoms with E-state index >= 15 is 0 Å². The molecule has 0 spiro atoms. The molecular formula is C17H18N4O3S. The lowest BCUT2D eigenvalue weighted by atomic mass is 10.2. The van der Waals surface area contributed by atoms with Gasteiger partial charge in [0.1, 0.15) is 0 Å². The molecule has 0 saturated heterocycles. The van der Waals surface area contributed by atoms with Crippen LogP contribution >= 0.6 is 11.3 Å². The summed E-state index contributed by atoms with van der Waals surface area (Å²) >= 11 is 1.52. The summed E-state index contributed by atoms with van der Waals surface area (Å²) in [4.78, 5) is 24.5. The van der Waals surface area contributed by atoms with Gasteiger partial charge in [-0.2, -0.15) is 5.10 Å². The third-order valence-electron chi connectivity index (χ3n) is 3.65. The van der Waals surface area contributed by atoms with Crippen LogP contribution in [0, 0.1) is 0 Å². The number of fused-ring (bicyclic) bond motifs is 1. The molecule has 8 heteroatoms. The molecule has 25 heavy (non-hydrogen) atoms. The van der Waals surface area contributed by atoms with Gasteiger partial charge >= 0.3 is 0 Å². The first-order valence-electron chi connectivity index (χ1n) is 7.82. The fourth-order valence-corrected chi connectivity index (χ4v) is 3.11. The third kappa shape index (κ3) is 4.43. The standard InChI is InChI=1S/C17H18N4O3S/c22-11(9-18-15(23)8-12-4-3-7-25-12)10-19-16-13-5-1-2-6-14(13)17(24)21-20-16/h1-7,11,22H,8-10H2,(H,18,23)(H,19,20)(H,21,24). The van der Waals surface area contributed by atoms with Crippen molar-refractivity contribution in [2.75, 3.05) is 18.4 Å². The van der Waals surface area contributed by atoms with Gasteiger partial charge in [-0.05, 0) is 17.5 Å². The number of H-pyrrole nitrogens is 1. The van der Waals surface area contributed by atoms with Gasteiger partial charge in [-0.15, -0.1) is 11.3 Å². The Morgan fingerprint density at radius 1 is 1.20 bits per heavy atom. The fraction of sp³-hybridized carbons (Fsp3) is 0.235. The van der Waals surface area contributed by atoms with Gasteiger partial charge in [0.05, 0.1) is 17.9 Å². The van der Waals surface area contributed by atoms with Crippen molar-refractivity contribution in [2.45, 2.75) is 12.5 Å². The largest absolute Gasteiger partial charge is 0.389 e. The number of carbonyl (C=O) groups excluding carboxylic acids is 1. The Balaban J connectivity index is 1.52. The minimum Gasteiger partial charge on any atom is -0.389 e. The molecule has 0 aliphatic carbocycles. The van der Waals surface area contributed by atoms with E-state index in [9.17, 15) is 14.7 Å². The molecule has 3 rings (SSSR count). The topological polar surface area (TPSA) is 107 Å². The van der Waals surface area contributed by atoms with Crippen molar-refractivity contribution in [1.29, 1.82) is 0 Å². The van der Waals surface area contributed by atoms with Crippen molar-refractivity contribution in [3.63, 3.8) is 0 Å². The van der Waals surface area contributed by atoms with Crippen molar-refractivity contribution in [3.05, 3.63) is 57.0 Å². The maximum absolute atomic E-state index is 11.8. The van der Waals surface area contributed by atoms with Crippen molar-refractivity contribution < 1.29 is 9.90 Å². The zero-order valence-electron chi connectivity index (χ0n) is 13.4. The Hall–Kier alpha value is -2.71. The number of carbonyl (C=O) groups is 1. The molecule has 0 aliphatic heterocycles. The number of nitrogens with zero attached hydrogens (tertiary/aromatic N) is 1. The molecule has 2 heterocycles. The molecule has 2 aromatic heterocycles. The molecule has 1 aromatic carbocycles. The van der Waals surface area contributed by atoms with Gasteiger partial charge in [-0.25, -0.2) is 5.10 Å². The van der Waals surface area contributed by atoms with Crippen LogP contribution in [0.3, 0.4) is 0 Å². The van der Waals surface area contributed by atoms with E-state index in [1.807, 2.05) is 23.6 Å². The highest BCUT2D eigenvalue weighted by molar-refractivity contribution is 7.10. The van der Waals surface area contributed by atoms with Crippen molar-refractivity contribution in [1.82, 2.24) is 15.5 Å². The van der Waals surface area contributed by atoms with Crippen LogP contribution in [0.4, 0.5) is 5.82 Å². The molecule has 0 radical (unpaired) electrons. The lowest BCUT2D eigenvalue weighted by Crippen LogP contribution is -2.36. The number of anilines is 1. The van der Waals surface area contributed by atoms with Crippen molar-refractivity contribution >= 4 is 33.8 Å². The molecule has 0 aliphatic rings. The average Bonchev–Trinajstić information content (AvgIpc) is 3.12. The molecule has 130 valence electrons. The molecule has 1 atom stereocenters. The van der Waals surface area contributed by atoms with Crippen LogP contribution in [0.1, 0.15) is 4.88 Å². The first-order valence-corrected chi connectivity index (χ1v) is 8.70. The second-order valence-electron chi connectivity index (χ2n) is 5.54. The second-order valence-corrected chi connectivity index (χ2v) is 6.57. The first-order chi connectivity index (χ1) is 12.1. The number of aliphatic hydroxyl groups is 1. The van der Waals surface area contributed by atoms with Gasteiger partial charge in [0.15, 0.2) is 5.82 Å². The lowest BCUT2D eigenvalue weighted by Gasteiger charge is -2.14. The van der Waals surface area contributed by atoms with E-state index < -0.39 is 6.10 Å². The minimum atomic E-state index is -0.778. The SMILES string of the molecule is O=C(Cc1cccs1)NCC(O)CNc1n[nH]c(=O)c2ccccc12. The summed E-state index contributed by atoms with van der Waals surface area (Å²) < 4.78 is 0. The molecule has 1 unspecified atom stereocenters. The van der Waals surface area contributed by atoms with Crippen molar-refractivity contribution in [3.8, 4) is 0 Å². The molecule has 7 nitrogen and oxygen atoms in total. The highest BCUT2D eigenvalue weighted by Gasteiger charge is 2.10. The van der Waals surface area contributed by atoms with Crippen LogP contribution in [0.2, 0.25) is 0 Å². The van der Waals surface area contributed by atoms with Gasteiger partial charge in [0.2, 0.25) is 5.91 Å². The Morgan fingerprint density at radius 2 is 2.00 bits per heavy atom. The zero-order chi connectivity index (χ0) is 17.6. The predicted octanol–water partition coefficient (Wildman–Crippen LogP) is 1.12. The molecule has 0 fully saturated rings. The number of hydrogen-bond donors (Lipinski definition) is 4. The maximum Gasteiger partial charge on any atom is 0.272 e. The van der Waals surface area contributed by atoms with E-state index in [-0.39, 0.29) is 24.6 Å². The van der Waals surface area contributed by atoms with Crippen LogP contribution in [-0.4, -0.2) is 40.4 Å². The number of aliphatic hydroxyl groups excluding tert-OH is 1. The number of hydrogen-bond acceptors (Lipinski definition) is 6. The van der Waals surface area contributed by atoms with Crippen LogP contribution < -0.4 is 16.2 Å². The number of aromatic amines is 1. The Labute approximate surface area is 147 Å². The Morgan fingerprint density at radius 3 is 2.76 bits per heavy atom. The normalized spacial score (nSPS) is 12.0. The molecule has 1 amide bonds. The molecule has 3 aromatic rings. The third-order valence-corrected chi connectivity index (χ3v) is 4.53. The van der Waals surface area contributed by atoms with Crippen molar-refractivity contribution in [2.24, 2.45) is 0 Å². The summed E-state index contributed by atoms with van der Waals surface area (Å²) in [7, 11) is 0. The summed E-state index contributed by atoms with van der Waals surface area (Å²) in [5.41, 5.74) is -0.262. The van der Waals surface area contributed by atoms with E-state index in [1.165, 1.54) is 11.3 Å². The van der Waals surface area contributed by atoms with Crippen LogP contribution in [0.5, 0.6) is 0 Å². The quantitative estimate of drug-likeness (QED) is 0.506. The summed E-state index contributed by atoms with van der Waals surface area (Å²) in [6.07, 6.45) is -0.469. The number of thiophene rings is 1. The molecule has 0 bridgehead atoms. The summed E-state index contributed by atoms with van der Waals surface area (Å²) in [6.45, 7) is 0.334. The van der Waals surface area contributed by atoms with Gasteiger partial charge < -0.3 is 15.7 Å².